The summed E-state index contributed by atoms with van der Waals surface area (Å²) >= 11 is 0. The molecule has 1 aromatic carbocycles. The maximum Gasteiger partial charge on any atom is 0.417 e. The molecule has 2 saturated heterocycles. The summed E-state index contributed by atoms with van der Waals surface area (Å²) in [6.45, 7) is 3.17. The van der Waals surface area contributed by atoms with Crippen LogP contribution in [0.25, 0.3) is 0 Å². The second kappa shape index (κ2) is 10.4. The molecule has 8 nitrogen and oxygen atoms in total. The molecular weight excluding hydrogens is 515 g/mol. The first-order valence-corrected chi connectivity index (χ1v) is 12.0. The van der Waals surface area contributed by atoms with Gasteiger partial charge >= 0.3 is 6.18 Å². The lowest BCUT2D eigenvalue weighted by Gasteiger charge is -2.32. The Labute approximate surface area is 215 Å². The number of aromatic nitrogens is 1. The van der Waals surface area contributed by atoms with Crippen LogP contribution in [-0.2, 0) is 9.53 Å². The fourth-order valence-electron chi connectivity index (χ4n) is 4.89. The number of amides is 2. The number of halogens is 5. The number of ether oxygens (including phenoxy) is 2. The Morgan fingerprint density at radius 1 is 1.21 bits per heavy atom. The first-order valence-electron chi connectivity index (χ1n) is 12.0. The number of nitrogens with two attached hydrogens (primary N) is 1. The zero-order chi connectivity index (χ0) is 27.8. The van der Waals surface area contributed by atoms with E-state index in [-0.39, 0.29) is 16.9 Å². The average Bonchev–Trinajstić information content (AvgIpc) is 3.15. The number of hydrogen-bond acceptors (Lipinski definition) is 6. The SMILES string of the molecule is C[C@H]1[C@@H](c2ccc(F)c(F)c2OC2CCNCC2)[C@H](C(=O)Nc2ccnc(C(N)=O)c2)O[C@@]1(C)C(F)(F)F. The van der Waals surface area contributed by atoms with Gasteiger partial charge in [-0.1, -0.05) is 13.0 Å². The molecule has 2 fully saturated rings. The normalized spacial score (nSPS) is 26.2. The van der Waals surface area contributed by atoms with Gasteiger partial charge < -0.3 is 25.8 Å². The van der Waals surface area contributed by atoms with E-state index in [0.717, 1.165) is 25.1 Å². The van der Waals surface area contributed by atoms with Crippen LogP contribution in [0.1, 0.15) is 48.7 Å². The monoisotopic (exact) mass is 542 g/mol. The molecule has 4 N–H and O–H groups in total. The summed E-state index contributed by atoms with van der Waals surface area (Å²) < 4.78 is 83.2. The van der Waals surface area contributed by atoms with Crippen LogP contribution in [0.5, 0.6) is 5.75 Å². The average molecular weight is 543 g/mol. The van der Waals surface area contributed by atoms with E-state index in [1.54, 1.807) is 0 Å². The summed E-state index contributed by atoms with van der Waals surface area (Å²) in [5.74, 6) is -7.78. The van der Waals surface area contributed by atoms with Gasteiger partial charge in [0.15, 0.2) is 17.2 Å². The van der Waals surface area contributed by atoms with Crippen molar-refractivity contribution in [1.29, 1.82) is 0 Å². The minimum Gasteiger partial charge on any atom is -0.487 e. The summed E-state index contributed by atoms with van der Waals surface area (Å²) in [6, 6.07) is 4.37. The Morgan fingerprint density at radius 3 is 2.53 bits per heavy atom. The number of anilines is 1. The predicted octanol–water partition coefficient (Wildman–Crippen LogP) is 3.67. The van der Waals surface area contributed by atoms with Crippen LogP contribution in [0.4, 0.5) is 27.6 Å². The lowest BCUT2D eigenvalue weighted by molar-refractivity contribution is -0.272. The van der Waals surface area contributed by atoms with Crippen molar-refractivity contribution < 1.29 is 41.0 Å². The Morgan fingerprint density at radius 2 is 1.89 bits per heavy atom. The third-order valence-corrected chi connectivity index (χ3v) is 7.22. The highest BCUT2D eigenvalue weighted by Crippen LogP contribution is 2.55. The molecule has 206 valence electrons. The topological polar surface area (TPSA) is 116 Å². The fourth-order valence-corrected chi connectivity index (χ4v) is 4.89. The number of carbonyl (C=O) groups excluding carboxylic acids is 2. The summed E-state index contributed by atoms with van der Waals surface area (Å²) in [6.07, 6.45) is -5.05. The van der Waals surface area contributed by atoms with Crippen molar-refractivity contribution in [2.75, 3.05) is 18.4 Å². The van der Waals surface area contributed by atoms with Gasteiger partial charge in [0.05, 0.1) is 0 Å². The van der Waals surface area contributed by atoms with E-state index in [9.17, 15) is 27.2 Å². The molecule has 2 aliphatic rings. The van der Waals surface area contributed by atoms with Crippen molar-refractivity contribution >= 4 is 17.5 Å². The first-order chi connectivity index (χ1) is 17.8. The standard InChI is InChI=1S/C25H27F5N4O4/c1-12-18(15-3-4-16(26)19(27)20(15)37-14-6-8-32-9-7-14)21(38-24(12,2)25(28,29)30)23(36)34-13-5-10-33-17(11-13)22(31)35/h3-5,10-12,14,18,21,32H,6-9H2,1-2H3,(H2,31,35)(H,33,34,36)/t12-,18-,21+,24+/m0/s1. The molecule has 4 atom stereocenters. The molecule has 0 saturated carbocycles. The molecule has 1 aromatic heterocycles. The van der Waals surface area contributed by atoms with Crippen molar-refractivity contribution in [3.63, 3.8) is 0 Å². The number of rotatable bonds is 6. The zero-order valence-electron chi connectivity index (χ0n) is 20.6. The highest BCUT2D eigenvalue weighted by Gasteiger charge is 2.66. The van der Waals surface area contributed by atoms with Gasteiger partial charge in [0.25, 0.3) is 11.8 Å². The molecule has 0 bridgehead atoms. The van der Waals surface area contributed by atoms with Crippen LogP contribution in [0.2, 0.25) is 0 Å². The van der Waals surface area contributed by atoms with Gasteiger partial charge in [-0.15, -0.1) is 0 Å². The van der Waals surface area contributed by atoms with Crippen LogP contribution in [0, 0.1) is 17.6 Å². The third-order valence-electron chi connectivity index (χ3n) is 7.22. The fraction of sp³-hybridized carbons (Fsp3) is 0.480. The molecule has 0 radical (unpaired) electrons. The van der Waals surface area contributed by atoms with Gasteiger partial charge in [-0.25, -0.2) is 4.39 Å². The Kier molecular flexibility index (Phi) is 7.62. The van der Waals surface area contributed by atoms with Crippen LogP contribution in [-0.4, -0.2) is 53.9 Å². The van der Waals surface area contributed by atoms with Gasteiger partial charge in [0.2, 0.25) is 5.82 Å². The number of carbonyl (C=O) groups is 2. The van der Waals surface area contributed by atoms with E-state index in [1.807, 2.05) is 0 Å². The summed E-state index contributed by atoms with van der Waals surface area (Å²) in [4.78, 5) is 28.5. The van der Waals surface area contributed by atoms with E-state index in [0.29, 0.717) is 25.9 Å². The molecule has 2 aromatic rings. The second-order valence-corrected chi connectivity index (χ2v) is 9.59. The van der Waals surface area contributed by atoms with Crippen LogP contribution >= 0.6 is 0 Å². The van der Waals surface area contributed by atoms with Gasteiger partial charge in [0.1, 0.15) is 17.9 Å². The van der Waals surface area contributed by atoms with E-state index < -0.39 is 65.0 Å². The number of nitrogens with one attached hydrogen (secondary N) is 2. The Hall–Kier alpha value is -3.32. The summed E-state index contributed by atoms with van der Waals surface area (Å²) in [7, 11) is 0. The van der Waals surface area contributed by atoms with Crippen molar-refractivity contribution in [2.24, 2.45) is 11.7 Å². The van der Waals surface area contributed by atoms with Gasteiger partial charge in [-0.3, -0.25) is 14.6 Å². The van der Waals surface area contributed by atoms with E-state index >= 15 is 4.39 Å². The molecule has 4 rings (SSSR count). The zero-order valence-corrected chi connectivity index (χ0v) is 20.6. The highest BCUT2D eigenvalue weighted by molar-refractivity contribution is 5.97. The van der Waals surface area contributed by atoms with Crippen LogP contribution in [0.15, 0.2) is 30.5 Å². The molecule has 0 unspecified atom stereocenters. The minimum atomic E-state index is -4.90. The maximum absolute atomic E-state index is 15.1. The smallest absolute Gasteiger partial charge is 0.417 e. The first kappa shape index (κ1) is 27.7. The molecule has 3 heterocycles. The second-order valence-electron chi connectivity index (χ2n) is 9.59. The molecule has 13 heteroatoms. The quantitative estimate of drug-likeness (QED) is 0.480. The van der Waals surface area contributed by atoms with Crippen LogP contribution in [0.3, 0.4) is 0 Å². The lowest BCUT2D eigenvalue weighted by Crippen LogP contribution is -2.47. The third kappa shape index (κ3) is 5.17. The van der Waals surface area contributed by atoms with Gasteiger partial charge in [-0.05, 0) is 51.1 Å². The molecular formula is C25H27F5N4O4. The maximum atomic E-state index is 15.1. The van der Waals surface area contributed by atoms with Crippen molar-refractivity contribution in [3.8, 4) is 5.75 Å². The molecule has 38 heavy (non-hydrogen) atoms. The molecule has 2 aliphatic heterocycles. The van der Waals surface area contributed by atoms with Crippen LogP contribution < -0.4 is 21.1 Å². The molecule has 0 aliphatic carbocycles. The summed E-state index contributed by atoms with van der Waals surface area (Å²) in [5.41, 5.74) is 2.14. The minimum absolute atomic E-state index is 0.0332. The number of piperidine rings is 1. The van der Waals surface area contributed by atoms with Crippen molar-refractivity contribution in [1.82, 2.24) is 10.3 Å². The lowest BCUT2D eigenvalue weighted by atomic mass is 9.77. The Bertz CT molecular complexity index is 1220. The number of pyridine rings is 1. The summed E-state index contributed by atoms with van der Waals surface area (Å²) in [5, 5.41) is 5.53. The number of primary amides is 1. The number of hydrogen-bond donors (Lipinski definition) is 3. The molecule has 0 spiro atoms. The number of alkyl halides is 3. The highest BCUT2D eigenvalue weighted by atomic mass is 19.4. The van der Waals surface area contributed by atoms with Gasteiger partial charge in [-0.2, -0.15) is 17.6 Å². The van der Waals surface area contributed by atoms with Gasteiger partial charge in [0, 0.05) is 29.3 Å². The number of nitrogens with zero attached hydrogens (tertiary/aromatic N) is 1. The van der Waals surface area contributed by atoms with Crippen molar-refractivity contribution in [2.45, 2.75) is 56.6 Å². The van der Waals surface area contributed by atoms with Crippen molar-refractivity contribution in [3.05, 3.63) is 53.4 Å². The predicted molar refractivity (Wildman–Crippen MR) is 126 cm³/mol. The number of benzene rings is 1. The largest absolute Gasteiger partial charge is 0.487 e. The van der Waals surface area contributed by atoms with E-state index in [4.69, 9.17) is 15.2 Å². The Balaban J connectivity index is 1.76. The van der Waals surface area contributed by atoms with E-state index in [1.165, 1.54) is 19.2 Å². The van der Waals surface area contributed by atoms with E-state index in [2.05, 4.69) is 15.6 Å². The molecule has 2 amide bonds.